The summed E-state index contributed by atoms with van der Waals surface area (Å²) in [6.45, 7) is 5.14. The van der Waals surface area contributed by atoms with Gasteiger partial charge in [-0.2, -0.15) is 0 Å². The molecule has 1 saturated carbocycles. The monoisotopic (exact) mass is 462 g/mol. The molecule has 34 heavy (non-hydrogen) atoms. The van der Waals surface area contributed by atoms with Crippen LogP contribution in [0, 0.1) is 6.92 Å². The van der Waals surface area contributed by atoms with Crippen molar-refractivity contribution in [2.24, 2.45) is 0 Å². The van der Waals surface area contributed by atoms with E-state index in [4.69, 9.17) is 9.47 Å². The fourth-order valence-corrected chi connectivity index (χ4v) is 4.03. The number of nitrogens with zero attached hydrogens (tertiary/aromatic N) is 3. The molecular formula is C27H34N4O3. The van der Waals surface area contributed by atoms with E-state index in [0.29, 0.717) is 12.5 Å². The highest BCUT2D eigenvalue weighted by Crippen LogP contribution is 2.35. The number of anilines is 1. The molecule has 1 aliphatic heterocycles. The van der Waals surface area contributed by atoms with Crippen LogP contribution >= 0.6 is 0 Å². The number of ether oxygens (including phenoxy) is 2. The normalized spacial score (nSPS) is 15.7. The third-order valence-electron chi connectivity index (χ3n) is 6.33. The zero-order valence-electron chi connectivity index (χ0n) is 20.1. The molecule has 3 aromatic rings. The maximum absolute atomic E-state index is 12.4. The van der Waals surface area contributed by atoms with Gasteiger partial charge in [-0.1, -0.05) is 35.9 Å². The Kier molecular flexibility index (Phi) is 8.07. The molecule has 5 rings (SSSR count). The van der Waals surface area contributed by atoms with Crippen molar-refractivity contribution in [3.63, 3.8) is 0 Å². The number of carbonyl (C=O) groups is 1. The van der Waals surface area contributed by atoms with E-state index < -0.39 is 0 Å². The molecule has 7 nitrogen and oxygen atoms in total. The van der Waals surface area contributed by atoms with Crippen molar-refractivity contribution in [2.75, 3.05) is 38.2 Å². The number of imidazole rings is 1. The van der Waals surface area contributed by atoms with Gasteiger partial charge < -0.3 is 24.3 Å². The average Bonchev–Trinajstić information content (AvgIpc) is 3.35. The van der Waals surface area contributed by atoms with Crippen LogP contribution in [0.2, 0.25) is 0 Å². The van der Waals surface area contributed by atoms with Gasteiger partial charge in [0.15, 0.2) is 11.5 Å². The van der Waals surface area contributed by atoms with Crippen LogP contribution < -0.4 is 14.4 Å². The summed E-state index contributed by atoms with van der Waals surface area (Å²) in [6.07, 6.45) is 7.46. The Morgan fingerprint density at radius 1 is 1.06 bits per heavy atom. The molecule has 1 saturated heterocycles. The lowest BCUT2D eigenvalue weighted by molar-refractivity contribution is -0.130. The highest BCUT2D eigenvalue weighted by molar-refractivity contribution is 5.78. The van der Waals surface area contributed by atoms with Gasteiger partial charge in [-0.05, 0) is 38.3 Å². The zero-order valence-corrected chi connectivity index (χ0v) is 20.1. The number of aryl methyl sites for hydroxylation is 1. The van der Waals surface area contributed by atoms with Crippen molar-refractivity contribution in [1.82, 2.24) is 14.9 Å². The molecule has 0 radical (unpaired) electrons. The summed E-state index contributed by atoms with van der Waals surface area (Å²) in [6, 6.07) is 16.4. The quantitative estimate of drug-likeness (QED) is 0.594. The van der Waals surface area contributed by atoms with Crippen LogP contribution in [0.5, 0.6) is 11.5 Å². The van der Waals surface area contributed by atoms with Gasteiger partial charge in [-0.3, -0.25) is 4.79 Å². The van der Waals surface area contributed by atoms with Crippen LogP contribution in [0.25, 0.3) is 0 Å². The molecule has 2 aromatic carbocycles. The predicted octanol–water partition coefficient (Wildman–Crippen LogP) is 4.24. The van der Waals surface area contributed by atoms with Crippen molar-refractivity contribution in [2.45, 2.75) is 38.7 Å². The average molecular weight is 463 g/mol. The summed E-state index contributed by atoms with van der Waals surface area (Å²) in [7, 11) is 1.67. The molecule has 0 spiro atoms. The maximum atomic E-state index is 12.4. The summed E-state index contributed by atoms with van der Waals surface area (Å²) < 4.78 is 11.5. The number of piperazine rings is 1. The first-order valence-electron chi connectivity index (χ1n) is 12.0. The topological polar surface area (TPSA) is 70.7 Å². The van der Waals surface area contributed by atoms with Crippen molar-refractivity contribution in [3.05, 3.63) is 72.3 Å². The number of aromatic amines is 1. The molecule has 2 aliphatic rings. The van der Waals surface area contributed by atoms with Gasteiger partial charge in [0.05, 0.1) is 26.0 Å². The minimum atomic E-state index is 0.141. The summed E-state index contributed by atoms with van der Waals surface area (Å²) in [4.78, 5) is 23.6. The number of carbonyl (C=O) groups excluding carboxylic acids is 1. The van der Waals surface area contributed by atoms with Gasteiger partial charge in [0.1, 0.15) is 0 Å². The van der Waals surface area contributed by atoms with E-state index >= 15 is 0 Å². The van der Waals surface area contributed by atoms with Crippen molar-refractivity contribution in [1.29, 1.82) is 0 Å². The number of nitrogens with one attached hydrogen (secondary N) is 1. The summed E-state index contributed by atoms with van der Waals surface area (Å²) in [5.74, 6) is 1.74. The third kappa shape index (κ3) is 6.31. The predicted molar refractivity (Wildman–Crippen MR) is 134 cm³/mol. The maximum Gasteiger partial charge on any atom is 0.228 e. The molecule has 180 valence electrons. The van der Waals surface area contributed by atoms with E-state index in [1.807, 2.05) is 29.2 Å². The first kappa shape index (κ1) is 23.7. The van der Waals surface area contributed by atoms with E-state index in [1.165, 1.54) is 12.0 Å². The molecule has 1 aliphatic carbocycles. The molecule has 2 heterocycles. The highest BCUT2D eigenvalue weighted by Gasteiger charge is 2.24. The minimum absolute atomic E-state index is 0.141. The molecule has 0 bridgehead atoms. The first-order chi connectivity index (χ1) is 16.6. The van der Waals surface area contributed by atoms with Crippen molar-refractivity contribution < 1.29 is 14.3 Å². The van der Waals surface area contributed by atoms with Crippen molar-refractivity contribution in [3.8, 4) is 11.5 Å². The molecule has 2 fully saturated rings. The molecule has 1 N–H and O–H groups in total. The zero-order chi connectivity index (χ0) is 23.8. The summed E-state index contributed by atoms with van der Waals surface area (Å²) >= 11 is 0. The Morgan fingerprint density at radius 3 is 2.38 bits per heavy atom. The van der Waals surface area contributed by atoms with Gasteiger partial charge in [0, 0.05) is 49.8 Å². The number of amides is 1. The minimum Gasteiger partial charge on any atom is -0.493 e. The molecule has 1 aromatic heterocycles. The Labute approximate surface area is 201 Å². The number of H-pyrrole nitrogens is 1. The number of methoxy groups -OCH3 is 1. The number of hydrogen-bond acceptors (Lipinski definition) is 5. The smallest absolute Gasteiger partial charge is 0.228 e. The van der Waals surface area contributed by atoms with Gasteiger partial charge in [-0.15, -0.1) is 0 Å². The Balaban J connectivity index is 0.000000336. The molecule has 0 unspecified atom stereocenters. The highest BCUT2D eigenvalue weighted by atomic mass is 16.5. The lowest BCUT2D eigenvalue weighted by Gasteiger charge is -2.36. The van der Waals surface area contributed by atoms with Gasteiger partial charge in [-0.25, -0.2) is 4.98 Å². The first-order valence-corrected chi connectivity index (χ1v) is 12.0. The van der Waals surface area contributed by atoms with Gasteiger partial charge >= 0.3 is 0 Å². The fourth-order valence-electron chi connectivity index (χ4n) is 4.03. The van der Waals surface area contributed by atoms with Crippen LogP contribution in [0.15, 0.2) is 61.1 Å². The van der Waals surface area contributed by atoms with E-state index in [-0.39, 0.29) is 5.91 Å². The second-order valence-corrected chi connectivity index (χ2v) is 8.78. The number of aromatic nitrogens is 2. The summed E-state index contributed by atoms with van der Waals surface area (Å²) in [5.41, 5.74) is 3.30. The van der Waals surface area contributed by atoms with E-state index in [0.717, 1.165) is 61.9 Å². The Morgan fingerprint density at radius 2 is 1.82 bits per heavy atom. The lowest BCUT2D eigenvalue weighted by atomic mass is 9.96. The van der Waals surface area contributed by atoms with E-state index in [1.54, 1.807) is 19.6 Å². The van der Waals surface area contributed by atoms with E-state index in [2.05, 4.69) is 46.1 Å². The molecule has 0 atom stereocenters. The molecule has 1 amide bonds. The van der Waals surface area contributed by atoms with Crippen LogP contribution in [0.1, 0.15) is 30.5 Å². The van der Waals surface area contributed by atoms with Crippen molar-refractivity contribution >= 4 is 11.6 Å². The second-order valence-electron chi connectivity index (χ2n) is 8.78. The molecule has 7 heteroatoms. The molecular weight excluding hydrogens is 428 g/mol. The Hall–Kier alpha value is -3.48. The second kappa shape index (κ2) is 11.6. The fraction of sp³-hybridized carbons (Fsp3) is 0.407. The SMILES string of the molecule is COc1ccc(N2CCN(C(=O)Cc3cnc[nH]3)CC2)cc1OC1CCC1.Cc1ccccc1. The standard InChI is InChI=1S/C20H26N4O3.C7H8/c1-26-18-6-5-16(12-19(18)27-17-3-2-4-17)23-7-9-24(10-8-23)20(25)11-15-13-21-14-22-15;1-7-5-3-2-4-6-7/h5-6,12-14,17H,2-4,7-11H2,1H3,(H,21,22);2-6H,1H3. The largest absolute Gasteiger partial charge is 0.493 e. The number of rotatable bonds is 6. The Bertz CT molecular complexity index is 1030. The van der Waals surface area contributed by atoms with E-state index in [9.17, 15) is 4.79 Å². The van der Waals surface area contributed by atoms with Gasteiger partial charge in [0.25, 0.3) is 0 Å². The van der Waals surface area contributed by atoms with Crippen LogP contribution in [-0.2, 0) is 11.2 Å². The number of benzene rings is 2. The van der Waals surface area contributed by atoms with Crippen LogP contribution in [-0.4, -0.2) is 60.2 Å². The summed E-state index contributed by atoms with van der Waals surface area (Å²) in [5, 5.41) is 0. The van der Waals surface area contributed by atoms with Gasteiger partial charge in [0.2, 0.25) is 5.91 Å². The lowest BCUT2D eigenvalue weighted by Crippen LogP contribution is -2.49. The van der Waals surface area contributed by atoms with Crippen LogP contribution in [0.3, 0.4) is 0 Å². The van der Waals surface area contributed by atoms with Crippen LogP contribution in [0.4, 0.5) is 5.69 Å². The number of hydrogen-bond donors (Lipinski definition) is 1. The third-order valence-corrected chi connectivity index (χ3v) is 6.33.